The molecule has 0 radical (unpaired) electrons. The van der Waals surface area contributed by atoms with Crippen molar-refractivity contribution < 1.29 is 13.9 Å². The molecule has 0 amide bonds. The zero-order chi connectivity index (χ0) is 15.0. The summed E-state index contributed by atoms with van der Waals surface area (Å²) in [6, 6.07) is 11.8. The van der Waals surface area contributed by atoms with Gasteiger partial charge in [-0.15, -0.1) is 0 Å². The third-order valence-corrected chi connectivity index (χ3v) is 4.50. The van der Waals surface area contributed by atoms with Gasteiger partial charge in [0.15, 0.2) is 11.6 Å². The predicted octanol–water partition coefficient (Wildman–Crippen LogP) is 4.29. The Morgan fingerprint density at radius 2 is 1.90 bits per heavy atom. The first-order valence-corrected chi connectivity index (χ1v) is 7.26. The molecule has 0 saturated carbocycles. The van der Waals surface area contributed by atoms with Crippen LogP contribution < -0.4 is 0 Å². The lowest BCUT2D eigenvalue weighted by molar-refractivity contribution is 0.0150. The van der Waals surface area contributed by atoms with E-state index in [1.54, 1.807) is 0 Å². The van der Waals surface area contributed by atoms with Gasteiger partial charge in [-0.1, -0.05) is 43.3 Å². The summed E-state index contributed by atoms with van der Waals surface area (Å²) < 4.78 is 27.3. The number of halogens is 2. The number of benzene rings is 2. The molecule has 110 valence electrons. The van der Waals surface area contributed by atoms with Crippen molar-refractivity contribution in [3.8, 4) is 0 Å². The molecule has 0 bridgehead atoms. The zero-order valence-corrected chi connectivity index (χ0v) is 11.9. The van der Waals surface area contributed by atoms with Gasteiger partial charge in [-0.3, -0.25) is 0 Å². The Morgan fingerprint density at radius 3 is 2.71 bits per heavy atom. The van der Waals surface area contributed by atoms with Crippen molar-refractivity contribution in [3.05, 3.63) is 70.8 Å². The standard InChI is InChI=1S/C18H18F2O/c1-12-9-10-18(21,15-7-3-2-6-14(12)15)11-13-5-4-8-16(19)17(13)20/h2-8,12,21H,9-11H2,1H3. The van der Waals surface area contributed by atoms with Crippen molar-refractivity contribution in [2.75, 3.05) is 0 Å². The van der Waals surface area contributed by atoms with Gasteiger partial charge >= 0.3 is 0 Å². The van der Waals surface area contributed by atoms with E-state index >= 15 is 0 Å². The van der Waals surface area contributed by atoms with E-state index in [0.29, 0.717) is 12.3 Å². The van der Waals surface area contributed by atoms with Crippen molar-refractivity contribution in [1.82, 2.24) is 0 Å². The van der Waals surface area contributed by atoms with Crippen LogP contribution in [0.15, 0.2) is 42.5 Å². The van der Waals surface area contributed by atoms with Gasteiger partial charge < -0.3 is 5.11 Å². The molecule has 0 aliphatic heterocycles. The van der Waals surface area contributed by atoms with Crippen LogP contribution in [-0.2, 0) is 12.0 Å². The van der Waals surface area contributed by atoms with Crippen LogP contribution in [-0.4, -0.2) is 5.11 Å². The number of rotatable bonds is 2. The van der Waals surface area contributed by atoms with E-state index in [2.05, 4.69) is 6.92 Å². The Morgan fingerprint density at radius 1 is 1.14 bits per heavy atom. The van der Waals surface area contributed by atoms with E-state index in [9.17, 15) is 13.9 Å². The predicted molar refractivity (Wildman–Crippen MR) is 78.0 cm³/mol. The van der Waals surface area contributed by atoms with Gasteiger partial charge in [0.05, 0.1) is 5.60 Å². The number of hydrogen-bond donors (Lipinski definition) is 1. The SMILES string of the molecule is CC1CCC(O)(Cc2cccc(F)c2F)c2ccccc21. The molecule has 0 heterocycles. The molecule has 0 spiro atoms. The van der Waals surface area contributed by atoms with Gasteiger partial charge in [-0.2, -0.15) is 0 Å². The molecule has 1 N–H and O–H groups in total. The molecule has 21 heavy (non-hydrogen) atoms. The van der Waals surface area contributed by atoms with Crippen LogP contribution in [0, 0.1) is 11.6 Å². The number of fused-ring (bicyclic) bond motifs is 1. The lowest BCUT2D eigenvalue weighted by atomic mass is 9.72. The Labute approximate surface area is 123 Å². The van der Waals surface area contributed by atoms with E-state index in [1.165, 1.54) is 12.1 Å². The third kappa shape index (κ3) is 2.46. The smallest absolute Gasteiger partial charge is 0.162 e. The fourth-order valence-electron chi connectivity index (χ4n) is 3.28. The summed E-state index contributed by atoms with van der Waals surface area (Å²) in [6.07, 6.45) is 1.49. The van der Waals surface area contributed by atoms with Gasteiger partial charge in [0.25, 0.3) is 0 Å². The molecule has 2 aromatic rings. The van der Waals surface area contributed by atoms with Gasteiger partial charge in [0, 0.05) is 6.42 Å². The Kier molecular flexibility index (Phi) is 3.54. The average molecular weight is 288 g/mol. The van der Waals surface area contributed by atoms with E-state index < -0.39 is 17.2 Å². The fourth-order valence-corrected chi connectivity index (χ4v) is 3.28. The molecule has 2 atom stereocenters. The second-order valence-electron chi connectivity index (χ2n) is 5.95. The summed E-state index contributed by atoms with van der Waals surface area (Å²) in [6.45, 7) is 2.13. The normalized spacial score (nSPS) is 24.7. The Balaban J connectivity index is 2.02. The lowest BCUT2D eigenvalue weighted by Gasteiger charge is -2.37. The minimum Gasteiger partial charge on any atom is -0.385 e. The summed E-state index contributed by atoms with van der Waals surface area (Å²) in [5.74, 6) is -1.35. The summed E-state index contributed by atoms with van der Waals surface area (Å²) in [5.41, 5.74) is 1.04. The van der Waals surface area contributed by atoms with Gasteiger partial charge in [-0.05, 0) is 41.5 Å². The monoisotopic (exact) mass is 288 g/mol. The molecular formula is C18H18F2O. The first-order valence-electron chi connectivity index (χ1n) is 7.26. The van der Waals surface area contributed by atoms with Crippen LogP contribution in [0.4, 0.5) is 8.78 Å². The minimum atomic E-state index is -1.13. The summed E-state index contributed by atoms with van der Waals surface area (Å²) >= 11 is 0. The van der Waals surface area contributed by atoms with Crippen LogP contribution >= 0.6 is 0 Å². The molecule has 0 aromatic heterocycles. The lowest BCUT2D eigenvalue weighted by Crippen LogP contribution is -2.34. The molecule has 0 saturated heterocycles. The highest BCUT2D eigenvalue weighted by Gasteiger charge is 2.37. The van der Waals surface area contributed by atoms with E-state index in [4.69, 9.17) is 0 Å². The second-order valence-corrected chi connectivity index (χ2v) is 5.95. The first-order chi connectivity index (χ1) is 10.0. The van der Waals surface area contributed by atoms with Crippen LogP contribution in [0.1, 0.15) is 42.4 Å². The van der Waals surface area contributed by atoms with Crippen molar-refractivity contribution in [1.29, 1.82) is 0 Å². The molecule has 3 rings (SSSR count). The third-order valence-electron chi connectivity index (χ3n) is 4.50. The van der Waals surface area contributed by atoms with Crippen LogP contribution in [0.3, 0.4) is 0 Å². The molecule has 1 aliphatic carbocycles. The summed E-state index contributed by atoms with van der Waals surface area (Å²) in [7, 11) is 0. The largest absolute Gasteiger partial charge is 0.385 e. The van der Waals surface area contributed by atoms with Gasteiger partial charge in [-0.25, -0.2) is 8.78 Å². The molecule has 1 aliphatic rings. The highest BCUT2D eigenvalue weighted by molar-refractivity contribution is 5.39. The topological polar surface area (TPSA) is 20.2 Å². The van der Waals surface area contributed by atoms with Crippen molar-refractivity contribution >= 4 is 0 Å². The first kappa shape index (κ1) is 14.2. The molecule has 2 aromatic carbocycles. The van der Waals surface area contributed by atoms with Crippen LogP contribution in [0.5, 0.6) is 0 Å². The maximum Gasteiger partial charge on any atom is 0.162 e. The summed E-state index contributed by atoms with van der Waals surface area (Å²) in [5, 5.41) is 11.0. The minimum absolute atomic E-state index is 0.0975. The van der Waals surface area contributed by atoms with Gasteiger partial charge in [0.2, 0.25) is 0 Å². The highest BCUT2D eigenvalue weighted by Crippen LogP contribution is 2.43. The van der Waals surface area contributed by atoms with Crippen molar-refractivity contribution in [3.63, 3.8) is 0 Å². The average Bonchev–Trinajstić information content (AvgIpc) is 2.49. The Bertz CT molecular complexity index is 668. The Hall–Kier alpha value is -1.74. The van der Waals surface area contributed by atoms with E-state index in [0.717, 1.165) is 23.6 Å². The number of aliphatic hydroxyl groups is 1. The van der Waals surface area contributed by atoms with Crippen LogP contribution in [0.25, 0.3) is 0 Å². The van der Waals surface area contributed by atoms with Gasteiger partial charge in [0.1, 0.15) is 0 Å². The number of hydrogen-bond acceptors (Lipinski definition) is 1. The quantitative estimate of drug-likeness (QED) is 0.874. The molecule has 2 unspecified atom stereocenters. The molecule has 1 nitrogen and oxygen atoms in total. The molecular weight excluding hydrogens is 270 g/mol. The van der Waals surface area contributed by atoms with Crippen molar-refractivity contribution in [2.24, 2.45) is 0 Å². The highest BCUT2D eigenvalue weighted by atomic mass is 19.2. The molecule has 0 fully saturated rings. The van der Waals surface area contributed by atoms with Crippen molar-refractivity contribution in [2.45, 2.75) is 37.7 Å². The van der Waals surface area contributed by atoms with E-state index in [-0.39, 0.29) is 12.0 Å². The maximum atomic E-state index is 13.9. The second kappa shape index (κ2) is 5.23. The van der Waals surface area contributed by atoms with Crippen LogP contribution in [0.2, 0.25) is 0 Å². The maximum absolute atomic E-state index is 13.9. The fraction of sp³-hybridized carbons (Fsp3) is 0.333. The van der Waals surface area contributed by atoms with E-state index in [1.807, 2.05) is 24.3 Å². The molecule has 3 heteroatoms. The summed E-state index contributed by atoms with van der Waals surface area (Å²) in [4.78, 5) is 0. The zero-order valence-electron chi connectivity index (χ0n) is 11.9.